The van der Waals surface area contributed by atoms with Crippen LogP contribution < -0.4 is 11.1 Å². The summed E-state index contributed by atoms with van der Waals surface area (Å²) in [6.07, 6.45) is 3.08. The van der Waals surface area contributed by atoms with Crippen LogP contribution in [0.3, 0.4) is 0 Å². The van der Waals surface area contributed by atoms with Gasteiger partial charge in [-0.15, -0.1) is 24.0 Å². The highest BCUT2D eigenvalue weighted by Gasteiger charge is 2.22. The van der Waals surface area contributed by atoms with Crippen LogP contribution in [0.4, 0.5) is 5.69 Å². The lowest BCUT2D eigenvalue weighted by Gasteiger charge is -2.15. The number of guanidine groups is 1. The second-order valence-electron chi connectivity index (χ2n) is 7.17. The van der Waals surface area contributed by atoms with Gasteiger partial charge in [-0.3, -0.25) is 9.79 Å². The van der Waals surface area contributed by atoms with Crippen molar-refractivity contribution in [2.45, 2.75) is 52.6 Å². The molecule has 3 rings (SSSR count). The standard InChI is InChI=1S/C23H30N4O.HI/c1-3-17-11-7-12-18(4-2)22(17)26-23(24)25-14-8-13-21(28)27-15-19-9-5-6-10-20(19)16-27;/h5-7,9-12H,3-4,8,13-16H2,1-2H3,(H3,24,25,26);1H. The van der Waals surface area contributed by atoms with E-state index >= 15 is 0 Å². The van der Waals surface area contributed by atoms with Crippen LogP contribution in [0.5, 0.6) is 0 Å². The van der Waals surface area contributed by atoms with Gasteiger partial charge in [-0.05, 0) is 41.5 Å². The van der Waals surface area contributed by atoms with Crippen molar-refractivity contribution < 1.29 is 4.79 Å². The molecule has 0 aromatic heterocycles. The molecule has 29 heavy (non-hydrogen) atoms. The van der Waals surface area contributed by atoms with Gasteiger partial charge in [0.2, 0.25) is 5.91 Å². The Balaban J connectivity index is 0.00000300. The fraction of sp³-hybridized carbons (Fsp3) is 0.391. The topological polar surface area (TPSA) is 70.7 Å². The molecule has 5 nitrogen and oxygen atoms in total. The molecule has 0 atom stereocenters. The maximum Gasteiger partial charge on any atom is 0.223 e. The zero-order chi connectivity index (χ0) is 19.9. The number of rotatable bonds is 7. The van der Waals surface area contributed by atoms with E-state index in [1.54, 1.807) is 0 Å². The highest BCUT2D eigenvalue weighted by molar-refractivity contribution is 14.0. The zero-order valence-electron chi connectivity index (χ0n) is 17.3. The molecule has 0 radical (unpaired) electrons. The second-order valence-corrected chi connectivity index (χ2v) is 7.17. The van der Waals surface area contributed by atoms with Crippen LogP contribution in [0.1, 0.15) is 48.9 Å². The van der Waals surface area contributed by atoms with E-state index in [1.807, 2.05) is 17.0 Å². The summed E-state index contributed by atoms with van der Waals surface area (Å²) < 4.78 is 0. The number of amides is 1. The predicted molar refractivity (Wildman–Crippen MR) is 131 cm³/mol. The maximum absolute atomic E-state index is 12.4. The lowest BCUT2D eigenvalue weighted by molar-refractivity contribution is -0.131. The number of nitrogens with zero attached hydrogens (tertiary/aromatic N) is 2. The van der Waals surface area contributed by atoms with Gasteiger partial charge in [0.1, 0.15) is 0 Å². The van der Waals surface area contributed by atoms with E-state index in [0.717, 1.165) is 31.6 Å². The van der Waals surface area contributed by atoms with Gasteiger partial charge in [0.25, 0.3) is 0 Å². The normalized spacial score (nSPS) is 13.0. The van der Waals surface area contributed by atoms with Crippen LogP contribution in [0.25, 0.3) is 0 Å². The third-order valence-corrected chi connectivity index (χ3v) is 5.28. The van der Waals surface area contributed by atoms with Gasteiger partial charge in [0.15, 0.2) is 5.96 Å². The van der Waals surface area contributed by atoms with Crippen LogP contribution >= 0.6 is 24.0 Å². The first-order valence-electron chi connectivity index (χ1n) is 10.1. The smallest absolute Gasteiger partial charge is 0.223 e. The molecule has 1 amide bonds. The Morgan fingerprint density at radius 2 is 1.62 bits per heavy atom. The lowest BCUT2D eigenvalue weighted by atomic mass is 10.0. The van der Waals surface area contributed by atoms with Gasteiger partial charge in [0.05, 0.1) is 0 Å². The summed E-state index contributed by atoms with van der Waals surface area (Å²) in [5, 5.41) is 3.27. The van der Waals surface area contributed by atoms with Gasteiger partial charge in [-0.1, -0.05) is 56.3 Å². The second kappa shape index (κ2) is 11.2. The first kappa shape index (κ1) is 23.2. The van der Waals surface area contributed by atoms with Crippen molar-refractivity contribution in [1.29, 1.82) is 0 Å². The van der Waals surface area contributed by atoms with Gasteiger partial charge in [-0.25, -0.2) is 0 Å². The number of carbonyl (C=O) groups excluding carboxylic acids is 1. The third kappa shape index (κ3) is 5.95. The predicted octanol–water partition coefficient (Wildman–Crippen LogP) is 4.48. The lowest BCUT2D eigenvalue weighted by Crippen LogP contribution is -2.26. The average Bonchev–Trinajstić information content (AvgIpc) is 3.15. The summed E-state index contributed by atoms with van der Waals surface area (Å²) in [6.45, 7) is 6.25. The molecular formula is C23H31IN4O. The van der Waals surface area contributed by atoms with E-state index in [1.165, 1.54) is 22.3 Å². The van der Waals surface area contributed by atoms with Crippen LogP contribution in [-0.2, 0) is 30.7 Å². The zero-order valence-corrected chi connectivity index (χ0v) is 19.6. The molecule has 2 aromatic carbocycles. The number of halogens is 1. The van der Waals surface area contributed by atoms with Crippen molar-refractivity contribution in [3.8, 4) is 0 Å². The van der Waals surface area contributed by atoms with Crippen molar-refractivity contribution in [2.24, 2.45) is 10.7 Å². The molecule has 3 N–H and O–H groups in total. The van der Waals surface area contributed by atoms with E-state index in [0.29, 0.717) is 25.3 Å². The largest absolute Gasteiger partial charge is 0.370 e. The molecular weight excluding hydrogens is 475 g/mol. The van der Waals surface area contributed by atoms with Crippen LogP contribution in [0.15, 0.2) is 47.5 Å². The molecule has 0 aliphatic carbocycles. The number of benzene rings is 2. The summed E-state index contributed by atoms with van der Waals surface area (Å²) in [5.74, 6) is 0.596. The van der Waals surface area contributed by atoms with E-state index < -0.39 is 0 Å². The highest BCUT2D eigenvalue weighted by Crippen LogP contribution is 2.23. The number of nitrogens with two attached hydrogens (primary N) is 1. The Morgan fingerprint density at radius 1 is 1.03 bits per heavy atom. The van der Waals surface area contributed by atoms with E-state index in [-0.39, 0.29) is 29.9 Å². The molecule has 1 heterocycles. The quantitative estimate of drug-likeness (QED) is 0.252. The average molecular weight is 506 g/mol. The first-order chi connectivity index (χ1) is 13.6. The summed E-state index contributed by atoms with van der Waals surface area (Å²) in [7, 11) is 0. The van der Waals surface area contributed by atoms with Crippen molar-refractivity contribution in [1.82, 2.24) is 4.90 Å². The van der Waals surface area contributed by atoms with Crippen LogP contribution in [0, 0.1) is 0 Å². The van der Waals surface area contributed by atoms with Crippen molar-refractivity contribution in [2.75, 3.05) is 11.9 Å². The molecule has 0 unspecified atom stereocenters. The number of hydrogen-bond donors (Lipinski definition) is 2. The number of fused-ring (bicyclic) bond motifs is 1. The van der Waals surface area contributed by atoms with Crippen LogP contribution in [0.2, 0.25) is 0 Å². The molecule has 1 aliphatic heterocycles. The Labute approximate surface area is 190 Å². The molecule has 6 heteroatoms. The molecule has 156 valence electrons. The number of carbonyl (C=O) groups is 1. The van der Waals surface area contributed by atoms with Crippen molar-refractivity contribution >= 4 is 41.5 Å². The fourth-order valence-corrected chi connectivity index (χ4v) is 3.67. The van der Waals surface area contributed by atoms with Gasteiger partial charge in [-0.2, -0.15) is 0 Å². The Morgan fingerprint density at radius 3 is 2.17 bits per heavy atom. The van der Waals surface area contributed by atoms with E-state index in [9.17, 15) is 4.79 Å². The number of hydrogen-bond acceptors (Lipinski definition) is 2. The van der Waals surface area contributed by atoms with Gasteiger partial charge < -0.3 is 16.0 Å². The Hall–Kier alpha value is -2.09. The van der Waals surface area contributed by atoms with Crippen molar-refractivity contribution in [3.05, 3.63) is 64.7 Å². The van der Waals surface area contributed by atoms with Gasteiger partial charge >= 0.3 is 0 Å². The molecule has 0 bridgehead atoms. The van der Waals surface area contributed by atoms with E-state index in [4.69, 9.17) is 5.73 Å². The number of nitrogens with one attached hydrogen (secondary N) is 1. The van der Waals surface area contributed by atoms with Crippen LogP contribution in [-0.4, -0.2) is 23.3 Å². The molecule has 2 aromatic rings. The SMILES string of the molecule is CCc1cccc(CC)c1NC(N)=NCCCC(=O)N1Cc2ccccc2C1.I. The molecule has 0 saturated heterocycles. The minimum Gasteiger partial charge on any atom is -0.370 e. The Kier molecular flexibility index (Phi) is 8.95. The molecule has 0 saturated carbocycles. The first-order valence-corrected chi connectivity index (χ1v) is 10.1. The molecule has 0 spiro atoms. The summed E-state index contributed by atoms with van der Waals surface area (Å²) in [6, 6.07) is 14.5. The monoisotopic (exact) mass is 506 g/mol. The summed E-state index contributed by atoms with van der Waals surface area (Å²) >= 11 is 0. The number of para-hydroxylation sites is 1. The summed E-state index contributed by atoms with van der Waals surface area (Å²) in [5.41, 5.74) is 12.1. The number of aryl methyl sites for hydroxylation is 2. The number of aliphatic imine (C=N–C) groups is 1. The van der Waals surface area contributed by atoms with Gasteiger partial charge in [0, 0.05) is 31.7 Å². The summed E-state index contributed by atoms with van der Waals surface area (Å²) in [4.78, 5) is 18.8. The third-order valence-electron chi connectivity index (χ3n) is 5.28. The van der Waals surface area contributed by atoms with E-state index in [2.05, 4.69) is 54.5 Å². The minimum absolute atomic E-state index is 0. The molecule has 0 fully saturated rings. The Bertz CT molecular complexity index is 818. The number of anilines is 1. The highest BCUT2D eigenvalue weighted by atomic mass is 127. The molecule has 1 aliphatic rings. The fourth-order valence-electron chi connectivity index (χ4n) is 3.67. The minimum atomic E-state index is 0. The maximum atomic E-state index is 12.4. The van der Waals surface area contributed by atoms with Crippen molar-refractivity contribution in [3.63, 3.8) is 0 Å².